The quantitative estimate of drug-likeness (QED) is 0.840. The molecule has 0 radical (unpaired) electrons. The first-order valence-electron chi connectivity index (χ1n) is 5.66. The first-order valence-corrected chi connectivity index (χ1v) is 6.74. The summed E-state index contributed by atoms with van der Waals surface area (Å²) in [4.78, 5) is 0. The number of halogens is 1. The van der Waals surface area contributed by atoms with Gasteiger partial charge in [-0.05, 0) is 66.4 Å². The van der Waals surface area contributed by atoms with Crippen molar-refractivity contribution in [2.24, 2.45) is 5.92 Å². The second kappa shape index (κ2) is 4.83. The summed E-state index contributed by atoms with van der Waals surface area (Å²) < 4.78 is 1.43. The van der Waals surface area contributed by atoms with E-state index in [0.717, 1.165) is 5.92 Å². The molecule has 0 saturated heterocycles. The molecule has 0 bridgehead atoms. The van der Waals surface area contributed by atoms with Gasteiger partial charge in [0.15, 0.2) is 0 Å². The van der Waals surface area contributed by atoms with E-state index >= 15 is 0 Å². The van der Waals surface area contributed by atoms with Crippen LogP contribution >= 0.6 is 22.6 Å². The molecule has 0 heterocycles. The van der Waals surface area contributed by atoms with E-state index in [1.165, 1.54) is 34.0 Å². The molecule has 1 fully saturated rings. The fraction of sp³-hybridized carbons (Fsp3) is 0.538. The molecule has 1 N–H and O–H groups in total. The molecule has 1 unspecified atom stereocenters. The molecule has 0 aliphatic heterocycles. The van der Waals surface area contributed by atoms with Crippen molar-refractivity contribution < 1.29 is 0 Å². The number of hydrogen-bond donors (Lipinski definition) is 1. The lowest BCUT2D eigenvalue weighted by molar-refractivity contribution is 0.239. The van der Waals surface area contributed by atoms with Crippen molar-refractivity contribution in [3.63, 3.8) is 0 Å². The third-order valence-corrected chi connectivity index (χ3v) is 4.96. The van der Waals surface area contributed by atoms with Gasteiger partial charge in [-0.3, -0.25) is 0 Å². The van der Waals surface area contributed by atoms with Crippen LogP contribution in [0.25, 0.3) is 0 Å². The van der Waals surface area contributed by atoms with Crippen molar-refractivity contribution in [2.75, 3.05) is 7.05 Å². The van der Waals surface area contributed by atoms with E-state index < -0.39 is 0 Å². The fourth-order valence-corrected chi connectivity index (χ4v) is 3.02. The summed E-state index contributed by atoms with van der Waals surface area (Å²) in [5.74, 6) is 0.852. The Morgan fingerprint density at radius 3 is 2.67 bits per heavy atom. The van der Waals surface area contributed by atoms with Gasteiger partial charge in [-0.25, -0.2) is 0 Å². The van der Waals surface area contributed by atoms with Crippen LogP contribution in [0.2, 0.25) is 0 Å². The molecule has 1 atom stereocenters. The monoisotopic (exact) mass is 315 g/mol. The second-order valence-corrected chi connectivity index (χ2v) is 5.51. The van der Waals surface area contributed by atoms with Gasteiger partial charge in [0.05, 0.1) is 0 Å². The molecule has 1 saturated carbocycles. The Balaban J connectivity index is 2.29. The van der Waals surface area contributed by atoms with Crippen molar-refractivity contribution >= 4 is 22.6 Å². The summed E-state index contributed by atoms with van der Waals surface area (Å²) in [5.41, 5.74) is 2.88. The molecule has 1 nitrogen and oxygen atoms in total. The summed E-state index contributed by atoms with van der Waals surface area (Å²) in [6.07, 6.45) is 4.18. The van der Waals surface area contributed by atoms with E-state index in [2.05, 4.69) is 60.1 Å². The van der Waals surface area contributed by atoms with Crippen molar-refractivity contribution in [3.05, 3.63) is 32.9 Å². The molecule has 0 amide bonds. The molecule has 1 aliphatic rings. The van der Waals surface area contributed by atoms with E-state index in [0.29, 0.717) is 6.04 Å². The number of aryl methyl sites for hydroxylation is 1. The van der Waals surface area contributed by atoms with Crippen LogP contribution in [0.15, 0.2) is 18.2 Å². The topological polar surface area (TPSA) is 12.0 Å². The highest BCUT2D eigenvalue weighted by Crippen LogP contribution is 2.39. The highest BCUT2D eigenvalue weighted by atomic mass is 127. The highest BCUT2D eigenvalue weighted by molar-refractivity contribution is 14.1. The van der Waals surface area contributed by atoms with Crippen molar-refractivity contribution in [1.82, 2.24) is 5.32 Å². The average molecular weight is 315 g/mol. The summed E-state index contributed by atoms with van der Waals surface area (Å²) in [5, 5.41) is 3.48. The minimum Gasteiger partial charge on any atom is -0.313 e. The van der Waals surface area contributed by atoms with Crippen molar-refractivity contribution in [3.8, 4) is 0 Å². The second-order valence-electron chi connectivity index (χ2n) is 4.44. The lowest BCUT2D eigenvalue weighted by atomic mass is 9.77. The molecular formula is C13H18IN. The summed E-state index contributed by atoms with van der Waals surface area (Å²) in [7, 11) is 2.08. The van der Waals surface area contributed by atoms with Gasteiger partial charge in [0.25, 0.3) is 0 Å². The SMILES string of the molecule is CNC(c1cccc(C)c1I)C1CCC1. The van der Waals surface area contributed by atoms with E-state index in [1.807, 2.05) is 0 Å². The Bertz CT molecular complexity index is 344. The maximum Gasteiger partial charge on any atom is 0.0356 e. The molecule has 2 rings (SSSR count). The van der Waals surface area contributed by atoms with Crippen LogP contribution in [0.1, 0.15) is 36.4 Å². The maximum absolute atomic E-state index is 3.48. The molecule has 2 heteroatoms. The molecule has 0 spiro atoms. The first-order chi connectivity index (χ1) is 7.24. The smallest absolute Gasteiger partial charge is 0.0356 e. The predicted octanol–water partition coefficient (Wildman–Crippen LogP) is 3.66. The van der Waals surface area contributed by atoms with Gasteiger partial charge in [0, 0.05) is 9.61 Å². The summed E-state index contributed by atoms with van der Waals surface area (Å²) in [6, 6.07) is 7.20. The van der Waals surface area contributed by atoms with Gasteiger partial charge in [-0.2, -0.15) is 0 Å². The van der Waals surface area contributed by atoms with Crippen LogP contribution in [0.4, 0.5) is 0 Å². The largest absolute Gasteiger partial charge is 0.313 e. The molecule has 1 aromatic rings. The maximum atomic E-state index is 3.48. The molecule has 15 heavy (non-hydrogen) atoms. The Hall–Kier alpha value is -0.0900. The lowest BCUT2D eigenvalue weighted by Gasteiger charge is -2.34. The third kappa shape index (κ3) is 2.21. The molecule has 1 aromatic carbocycles. The highest BCUT2D eigenvalue weighted by Gasteiger charge is 2.28. The van der Waals surface area contributed by atoms with Gasteiger partial charge in [0.1, 0.15) is 0 Å². The number of hydrogen-bond acceptors (Lipinski definition) is 1. The minimum atomic E-state index is 0.561. The fourth-order valence-electron chi connectivity index (χ4n) is 2.33. The Morgan fingerprint density at radius 2 is 2.13 bits per heavy atom. The number of nitrogens with one attached hydrogen (secondary N) is 1. The molecule has 1 aliphatic carbocycles. The van der Waals surface area contributed by atoms with Crippen LogP contribution in [0, 0.1) is 16.4 Å². The first kappa shape index (κ1) is 11.4. The average Bonchev–Trinajstić information content (AvgIpc) is 2.16. The van der Waals surface area contributed by atoms with E-state index in [-0.39, 0.29) is 0 Å². The van der Waals surface area contributed by atoms with Gasteiger partial charge in [0.2, 0.25) is 0 Å². The lowest BCUT2D eigenvalue weighted by Crippen LogP contribution is -2.30. The zero-order valence-electron chi connectivity index (χ0n) is 9.39. The van der Waals surface area contributed by atoms with Gasteiger partial charge < -0.3 is 5.32 Å². The standard InChI is InChI=1S/C13H18IN/c1-9-5-3-8-11(12(9)14)13(15-2)10-6-4-7-10/h3,5,8,10,13,15H,4,6-7H2,1-2H3. The molecule has 0 aromatic heterocycles. The number of benzene rings is 1. The van der Waals surface area contributed by atoms with Crippen LogP contribution in [-0.4, -0.2) is 7.05 Å². The summed E-state index contributed by atoms with van der Waals surface area (Å²) in [6.45, 7) is 2.19. The normalized spacial score (nSPS) is 18.6. The Morgan fingerprint density at radius 1 is 1.40 bits per heavy atom. The molecule has 82 valence electrons. The molecular weight excluding hydrogens is 297 g/mol. The number of rotatable bonds is 3. The van der Waals surface area contributed by atoms with Crippen molar-refractivity contribution in [1.29, 1.82) is 0 Å². The van der Waals surface area contributed by atoms with Crippen LogP contribution in [0.3, 0.4) is 0 Å². The van der Waals surface area contributed by atoms with Gasteiger partial charge in [-0.15, -0.1) is 0 Å². The van der Waals surface area contributed by atoms with Crippen LogP contribution in [-0.2, 0) is 0 Å². The van der Waals surface area contributed by atoms with Crippen LogP contribution < -0.4 is 5.32 Å². The van der Waals surface area contributed by atoms with Crippen molar-refractivity contribution in [2.45, 2.75) is 32.2 Å². The zero-order chi connectivity index (χ0) is 10.8. The third-order valence-electron chi connectivity index (χ3n) is 3.49. The minimum absolute atomic E-state index is 0.561. The zero-order valence-corrected chi connectivity index (χ0v) is 11.5. The van der Waals surface area contributed by atoms with E-state index in [1.54, 1.807) is 0 Å². The van der Waals surface area contributed by atoms with E-state index in [9.17, 15) is 0 Å². The van der Waals surface area contributed by atoms with Gasteiger partial charge >= 0.3 is 0 Å². The van der Waals surface area contributed by atoms with Gasteiger partial charge in [-0.1, -0.05) is 24.6 Å². The van der Waals surface area contributed by atoms with Crippen LogP contribution in [0.5, 0.6) is 0 Å². The predicted molar refractivity (Wildman–Crippen MR) is 73.0 cm³/mol. The summed E-state index contributed by atoms with van der Waals surface area (Å²) >= 11 is 2.48. The Labute approximate surface area is 106 Å². The van der Waals surface area contributed by atoms with E-state index in [4.69, 9.17) is 0 Å². The Kier molecular flexibility index (Phi) is 3.67.